The van der Waals surface area contributed by atoms with Crippen molar-refractivity contribution in [3.05, 3.63) is 0 Å². The number of esters is 4. The molecule has 10 heteroatoms. The molecule has 0 aliphatic heterocycles. The predicted molar refractivity (Wildman–Crippen MR) is 176 cm³/mol. The maximum absolute atomic E-state index is 12.9. The molecular weight excluding hydrogens is 592 g/mol. The Balaban J connectivity index is 4.54. The number of unbranched alkanes of at least 4 members (excludes halogenated alkanes) is 19. The minimum atomic E-state index is -0.849. The van der Waals surface area contributed by atoms with Crippen molar-refractivity contribution in [2.24, 2.45) is 5.92 Å². The number of hydrogen-bond donors (Lipinski definition) is 2. The molecule has 1 unspecified atom stereocenters. The van der Waals surface area contributed by atoms with E-state index >= 15 is 0 Å². The molecule has 0 fully saturated rings. The summed E-state index contributed by atoms with van der Waals surface area (Å²) in [6, 6.07) is 0. The van der Waals surface area contributed by atoms with Gasteiger partial charge >= 0.3 is 35.8 Å². The third-order valence-corrected chi connectivity index (χ3v) is 8.14. The summed E-state index contributed by atoms with van der Waals surface area (Å²) >= 11 is 0. The molecule has 0 aliphatic carbocycles. The van der Waals surface area contributed by atoms with Gasteiger partial charge in [-0.25, -0.2) is 0 Å². The van der Waals surface area contributed by atoms with Crippen LogP contribution in [0.15, 0.2) is 0 Å². The van der Waals surface area contributed by atoms with Crippen LogP contribution in [0.3, 0.4) is 0 Å². The van der Waals surface area contributed by atoms with Gasteiger partial charge in [0.15, 0.2) is 0 Å². The molecule has 46 heavy (non-hydrogen) atoms. The molecule has 10 nitrogen and oxygen atoms in total. The smallest absolute Gasteiger partial charge is 0.317 e. The van der Waals surface area contributed by atoms with E-state index in [4.69, 9.17) is 19.7 Å². The largest absolute Gasteiger partial charge is 0.481 e. The Bertz CT molecular complexity index is 854. The van der Waals surface area contributed by atoms with Crippen molar-refractivity contribution in [2.75, 3.05) is 0 Å². The van der Waals surface area contributed by atoms with E-state index in [1.807, 2.05) is 0 Å². The van der Waals surface area contributed by atoms with E-state index in [0.29, 0.717) is 38.5 Å². The molecule has 1 atom stereocenters. The maximum Gasteiger partial charge on any atom is 0.317 e. The van der Waals surface area contributed by atoms with E-state index in [9.17, 15) is 28.8 Å². The fraction of sp³-hybridized carbons (Fsp3) is 0.833. The monoisotopic (exact) mass is 654 g/mol. The summed E-state index contributed by atoms with van der Waals surface area (Å²) < 4.78 is 10.1. The molecule has 0 spiro atoms. The summed E-state index contributed by atoms with van der Waals surface area (Å²) in [5, 5.41) is 17.4. The summed E-state index contributed by atoms with van der Waals surface area (Å²) in [6.07, 6.45) is 20.9. The van der Waals surface area contributed by atoms with Crippen LogP contribution in [0.1, 0.15) is 187 Å². The first kappa shape index (κ1) is 43.2. The molecular formula is C36H62O10. The van der Waals surface area contributed by atoms with Crippen LogP contribution in [-0.4, -0.2) is 46.0 Å². The second kappa shape index (κ2) is 30.9. The summed E-state index contributed by atoms with van der Waals surface area (Å²) in [5.41, 5.74) is 0. The second-order valence-electron chi connectivity index (χ2n) is 12.5. The Hall–Kier alpha value is -2.78. The van der Waals surface area contributed by atoms with E-state index in [1.165, 1.54) is 38.5 Å². The minimum absolute atomic E-state index is 0.0898. The molecule has 0 aromatic rings. The number of carbonyl (C=O) groups excluding carboxylic acids is 4. The number of rotatable bonds is 32. The zero-order valence-electron chi connectivity index (χ0n) is 28.5. The molecule has 0 heterocycles. The Morgan fingerprint density at radius 3 is 1.20 bits per heavy atom. The van der Waals surface area contributed by atoms with Crippen molar-refractivity contribution < 1.29 is 48.5 Å². The highest BCUT2D eigenvalue weighted by Gasteiger charge is 2.27. The minimum Gasteiger partial charge on any atom is -0.481 e. The van der Waals surface area contributed by atoms with Gasteiger partial charge in [0.1, 0.15) is 0 Å². The van der Waals surface area contributed by atoms with Crippen molar-refractivity contribution >= 4 is 35.8 Å². The molecule has 0 aromatic heterocycles. The van der Waals surface area contributed by atoms with Gasteiger partial charge in [0.2, 0.25) is 0 Å². The average molecular weight is 655 g/mol. The van der Waals surface area contributed by atoms with Gasteiger partial charge < -0.3 is 19.7 Å². The lowest BCUT2D eigenvalue weighted by Crippen LogP contribution is -2.25. The van der Waals surface area contributed by atoms with Crippen LogP contribution in [-0.2, 0) is 38.2 Å². The van der Waals surface area contributed by atoms with Crippen molar-refractivity contribution in [3.63, 3.8) is 0 Å². The average Bonchev–Trinajstić information content (AvgIpc) is 2.99. The molecule has 0 saturated carbocycles. The third kappa shape index (κ3) is 29.9. The topological polar surface area (TPSA) is 161 Å². The van der Waals surface area contributed by atoms with E-state index in [1.54, 1.807) is 0 Å². The highest BCUT2D eigenvalue weighted by molar-refractivity contribution is 5.91. The fourth-order valence-electron chi connectivity index (χ4n) is 5.35. The van der Waals surface area contributed by atoms with Gasteiger partial charge in [0, 0.05) is 25.7 Å². The standard InChI is InChI=1S/C36H62O10/c1-2-3-4-5-6-7-8-9-14-19-24-30(36(44)46-34(42)28-23-18-13-11-16-21-26-32(39)40)29-35(43)45-33(41)27-22-17-12-10-15-20-25-31(37)38/h30H,2-29H2,1H3,(H,37,38)(H,39,40). The molecule has 0 amide bonds. The summed E-state index contributed by atoms with van der Waals surface area (Å²) in [4.78, 5) is 71.0. The first-order valence-corrected chi connectivity index (χ1v) is 18.1. The van der Waals surface area contributed by atoms with Crippen molar-refractivity contribution in [1.82, 2.24) is 0 Å². The van der Waals surface area contributed by atoms with Crippen LogP contribution in [0.4, 0.5) is 0 Å². The molecule has 266 valence electrons. The molecule has 0 bridgehead atoms. The lowest BCUT2D eigenvalue weighted by molar-refractivity contribution is -0.168. The Kier molecular flexibility index (Phi) is 29.0. The number of ether oxygens (including phenoxy) is 2. The second-order valence-corrected chi connectivity index (χ2v) is 12.5. The predicted octanol–water partition coefficient (Wildman–Crippen LogP) is 8.85. The van der Waals surface area contributed by atoms with Crippen LogP contribution in [0.5, 0.6) is 0 Å². The van der Waals surface area contributed by atoms with Gasteiger partial charge in [0.25, 0.3) is 0 Å². The lowest BCUT2D eigenvalue weighted by Gasteiger charge is -2.14. The molecule has 0 aromatic carbocycles. The van der Waals surface area contributed by atoms with Crippen LogP contribution >= 0.6 is 0 Å². The molecule has 2 N–H and O–H groups in total. The SMILES string of the molecule is CCCCCCCCCCCCC(CC(=O)OC(=O)CCCCCCCCC(=O)O)C(=O)OC(=O)CCCCCCCCC(=O)O. The van der Waals surface area contributed by atoms with Gasteiger partial charge in [-0.05, 0) is 32.1 Å². The Labute approximate surface area is 276 Å². The van der Waals surface area contributed by atoms with Crippen LogP contribution in [0, 0.1) is 5.92 Å². The van der Waals surface area contributed by atoms with Crippen LogP contribution in [0.25, 0.3) is 0 Å². The van der Waals surface area contributed by atoms with E-state index in [2.05, 4.69) is 6.92 Å². The molecule has 0 aliphatic rings. The Morgan fingerprint density at radius 2 is 0.783 bits per heavy atom. The summed E-state index contributed by atoms with van der Waals surface area (Å²) in [5.74, 6) is -5.25. The number of carboxylic acid groups (broad SMARTS) is 2. The van der Waals surface area contributed by atoms with Crippen molar-refractivity contribution in [2.45, 2.75) is 187 Å². The van der Waals surface area contributed by atoms with Crippen LogP contribution < -0.4 is 0 Å². The number of aliphatic carboxylic acids is 2. The summed E-state index contributed by atoms with van der Waals surface area (Å²) in [7, 11) is 0. The molecule has 0 saturated heterocycles. The van der Waals surface area contributed by atoms with Crippen LogP contribution in [0.2, 0.25) is 0 Å². The zero-order valence-corrected chi connectivity index (χ0v) is 28.5. The molecule has 0 radical (unpaired) electrons. The first-order chi connectivity index (χ1) is 22.1. The van der Waals surface area contributed by atoms with Gasteiger partial charge in [-0.15, -0.1) is 0 Å². The summed E-state index contributed by atoms with van der Waals surface area (Å²) in [6.45, 7) is 2.20. The van der Waals surface area contributed by atoms with Crippen molar-refractivity contribution in [1.29, 1.82) is 0 Å². The first-order valence-electron chi connectivity index (χ1n) is 18.1. The third-order valence-electron chi connectivity index (χ3n) is 8.14. The van der Waals surface area contributed by atoms with Gasteiger partial charge in [-0.2, -0.15) is 0 Å². The van der Waals surface area contributed by atoms with E-state index in [-0.39, 0.29) is 32.1 Å². The van der Waals surface area contributed by atoms with E-state index < -0.39 is 41.7 Å². The van der Waals surface area contributed by atoms with Gasteiger partial charge in [-0.3, -0.25) is 28.8 Å². The number of hydrogen-bond acceptors (Lipinski definition) is 8. The quantitative estimate of drug-likeness (QED) is 0.0407. The van der Waals surface area contributed by atoms with E-state index in [0.717, 1.165) is 70.6 Å². The fourth-order valence-corrected chi connectivity index (χ4v) is 5.35. The number of carbonyl (C=O) groups is 6. The van der Waals surface area contributed by atoms with Gasteiger partial charge in [0.05, 0.1) is 12.3 Å². The highest BCUT2D eigenvalue weighted by atomic mass is 16.6. The van der Waals surface area contributed by atoms with Gasteiger partial charge in [-0.1, -0.05) is 122 Å². The normalized spacial score (nSPS) is 11.6. The number of carboxylic acids is 2. The van der Waals surface area contributed by atoms with Crippen molar-refractivity contribution in [3.8, 4) is 0 Å². The highest BCUT2D eigenvalue weighted by Crippen LogP contribution is 2.20. The lowest BCUT2D eigenvalue weighted by atomic mass is 9.97. The molecule has 0 rings (SSSR count). The maximum atomic E-state index is 12.9. The Morgan fingerprint density at radius 1 is 0.435 bits per heavy atom. The zero-order chi connectivity index (χ0) is 34.3.